The molecule has 1 aromatic heterocycles. The van der Waals surface area contributed by atoms with E-state index in [1.807, 2.05) is 0 Å². The summed E-state index contributed by atoms with van der Waals surface area (Å²) in [6.45, 7) is 0. The minimum Gasteiger partial charge on any atom is -0.481 e. The number of carbonyl (C=O) groups is 2. The molecule has 2 aromatic rings. The van der Waals surface area contributed by atoms with Crippen molar-refractivity contribution in [3.63, 3.8) is 0 Å². The minimum atomic E-state index is -0.943. The average molecular weight is 326 g/mol. The fraction of sp³-hybridized carbons (Fsp3) is 0.231. The SMILES string of the molecule is O=C(O)CC1CC(=O)n2c1cc1c(Br)cc(F)cc12. The summed E-state index contributed by atoms with van der Waals surface area (Å²) in [6, 6.07) is 4.39. The van der Waals surface area contributed by atoms with Crippen LogP contribution in [-0.4, -0.2) is 21.6 Å². The van der Waals surface area contributed by atoms with Crippen LogP contribution in [0.2, 0.25) is 0 Å². The summed E-state index contributed by atoms with van der Waals surface area (Å²) < 4.78 is 15.4. The van der Waals surface area contributed by atoms with Gasteiger partial charge in [-0.1, -0.05) is 0 Å². The van der Waals surface area contributed by atoms with Crippen LogP contribution in [0.4, 0.5) is 4.39 Å². The molecule has 0 saturated carbocycles. The highest BCUT2D eigenvalue weighted by Crippen LogP contribution is 2.38. The Morgan fingerprint density at radius 1 is 1.47 bits per heavy atom. The van der Waals surface area contributed by atoms with Crippen molar-refractivity contribution in [2.75, 3.05) is 0 Å². The molecule has 1 aliphatic rings. The van der Waals surface area contributed by atoms with Crippen molar-refractivity contribution in [2.24, 2.45) is 0 Å². The molecular weight excluding hydrogens is 317 g/mol. The first-order chi connectivity index (χ1) is 8.97. The van der Waals surface area contributed by atoms with Crippen molar-refractivity contribution in [2.45, 2.75) is 18.8 Å². The lowest BCUT2D eigenvalue weighted by atomic mass is 10.0. The molecule has 1 atom stereocenters. The molecule has 19 heavy (non-hydrogen) atoms. The van der Waals surface area contributed by atoms with Crippen molar-refractivity contribution in [1.82, 2.24) is 4.57 Å². The van der Waals surface area contributed by atoms with Crippen LogP contribution in [-0.2, 0) is 4.79 Å². The third-order valence-corrected chi connectivity index (χ3v) is 4.03. The highest BCUT2D eigenvalue weighted by atomic mass is 79.9. The van der Waals surface area contributed by atoms with Gasteiger partial charge in [0.2, 0.25) is 5.91 Å². The van der Waals surface area contributed by atoms with Crippen LogP contribution in [0.3, 0.4) is 0 Å². The van der Waals surface area contributed by atoms with Gasteiger partial charge in [0.05, 0.1) is 11.9 Å². The fourth-order valence-corrected chi connectivity index (χ4v) is 3.16. The molecule has 0 fully saturated rings. The Bertz CT molecular complexity index is 722. The first kappa shape index (κ1) is 12.3. The molecule has 6 heteroatoms. The van der Waals surface area contributed by atoms with E-state index in [9.17, 15) is 14.0 Å². The van der Waals surface area contributed by atoms with Crippen LogP contribution in [0.25, 0.3) is 10.9 Å². The maximum Gasteiger partial charge on any atom is 0.304 e. The van der Waals surface area contributed by atoms with Crippen LogP contribution in [0, 0.1) is 5.82 Å². The molecule has 3 rings (SSSR count). The second-order valence-corrected chi connectivity index (χ2v) is 5.47. The number of fused-ring (bicyclic) bond motifs is 3. The zero-order chi connectivity index (χ0) is 13.7. The molecule has 0 bridgehead atoms. The van der Waals surface area contributed by atoms with E-state index >= 15 is 0 Å². The molecular formula is C13H9BrFNO3. The van der Waals surface area contributed by atoms with Gasteiger partial charge >= 0.3 is 5.97 Å². The number of hydrogen-bond donors (Lipinski definition) is 1. The van der Waals surface area contributed by atoms with Crippen molar-refractivity contribution >= 4 is 38.7 Å². The van der Waals surface area contributed by atoms with Crippen LogP contribution in [0.5, 0.6) is 0 Å². The smallest absolute Gasteiger partial charge is 0.304 e. The van der Waals surface area contributed by atoms with Crippen LogP contribution >= 0.6 is 15.9 Å². The number of carboxylic acid groups (broad SMARTS) is 1. The second-order valence-electron chi connectivity index (χ2n) is 4.62. The lowest BCUT2D eigenvalue weighted by Crippen LogP contribution is -2.04. The summed E-state index contributed by atoms with van der Waals surface area (Å²) >= 11 is 3.26. The maximum atomic E-state index is 13.4. The highest BCUT2D eigenvalue weighted by molar-refractivity contribution is 9.10. The summed E-state index contributed by atoms with van der Waals surface area (Å²) in [5.41, 5.74) is 1.13. The van der Waals surface area contributed by atoms with Gasteiger partial charge in [0.25, 0.3) is 0 Å². The zero-order valence-corrected chi connectivity index (χ0v) is 11.3. The Morgan fingerprint density at radius 3 is 2.89 bits per heavy atom. The predicted octanol–water partition coefficient (Wildman–Crippen LogP) is 3.15. The van der Waals surface area contributed by atoms with E-state index in [1.54, 1.807) is 6.07 Å². The summed E-state index contributed by atoms with van der Waals surface area (Å²) in [5, 5.41) is 9.59. The first-order valence-electron chi connectivity index (χ1n) is 5.72. The second kappa shape index (κ2) is 4.16. The third kappa shape index (κ3) is 1.87. The van der Waals surface area contributed by atoms with E-state index in [4.69, 9.17) is 5.11 Å². The monoisotopic (exact) mass is 325 g/mol. The van der Waals surface area contributed by atoms with E-state index in [0.717, 1.165) is 5.39 Å². The normalized spacial score (nSPS) is 18.0. The van der Waals surface area contributed by atoms with Crippen molar-refractivity contribution in [3.8, 4) is 0 Å². The topological polar surface area (TPSA) is 59.3 Å². The average Bonchev–Trinajstić information content (AvgIpc) is 2.78. The van der Waals surface area contributed by atoms with Gasteiger partial charge in [0.1, 0.15) is 5.82 Å². The van der Waals surface area contributed by atoms with Crippen LogP contribution in [0.15, 0.2) is 22.7 Å². The molecule has 0 aliphatic carbocycles. The predicted molar refractivity (Wildman–Crippen MR) is 69.8 cm³/mol. The number of rotatable bonds is 2. The maximum absolute atomic E-state index is 13.4. The summed E-state index contributed by atoms with van der Waals surface area (Å²) in [4.78, 5) is 22.8. The van der Waals surface area contributed by atoms with E-state index in [2.05, 4.69) is 15.9 Å². The van der Waals surface area contributed by atoms with Crippen LogP contribution < -0.4 is 0 Å². The van der Waals surface area contributed by atoms with Gasteiger partial charge in [-0.25, -0.2) is 4.39 Å². The quantitative estimate of drug-likeness (QED) is 0.922. The van der Waals surface area contributed by atoms with Gasteiger partial charge in [-0.2, -0.15) is 0 Å². The molecule has 1 aliphatic heterocycles. The number of carbonyl (C=O) groups excluding carboxylic acids is 1. The largest absolute Gasteiger partial charge is 0.481 e. The number of aromatic nitrogens is 1. The number of carboxylic acids is 1. The van der Waals surface area contributed by atoms with Gasteiger partial charge in [-0.05, 0) is 34.1 Å². The fourth-order valence-electron chi connectivity index (χ4n) is 2.62. The molecule has 98 valence electrons. The molecule has 1 aromatic carbocycles. The van der Waals surface area contributed by atoms with Gasteiger partial charge in [-0.15, -0.1) is 0 Å². The van der Waals surface area contributed by atoms with Crippen molar-refractivity contribution < 1.29 is 19.1 Å². The summed E-state index contributed by atoms with van der Waals surface area (Å²) in [7, 11) is 0. The van der Waals surface area contributed by atoms with Gasteiger partial charge in [-0.3, -0.25) is 14.2 Å². The standard InChI is InChI=1S/C13H9BrFNO3/c14-9-3-7(15)4-11-8(9)5-10-6(2-13(18)19)1-12(17)16(10)11/h3-6H,1-2H2,(H,18,19). The summed E-state index contributed by atoms with van der Waals surface area (Å²) in [5.74, 6) is -1.90. The number of benzene rings is 1. The molecule has 0 saturated heterocycles. The Hall–Kier alpha value is -1.69. The van der Waals surface area contributed by atoms with E-state index in [-0.39, 0.29) is 24.7 Å². The highest BCUT2D eigenvalue weighted by Gasteiger charge is 2.33. The lowest BCUT2D eigenvalue weighted by Gasteiger charge is -2.02. The van der Waals surface area contributed by atoms with Gasteiger partial charge in [0, 0.05) is 27.9 Å². The number of aliphatic carboxylic acids is 1. The molecule has 0 amide bonds. The number of hydrogen-bond acceptors (Lipinski definition) is 2. The molecule has 0 spiro atoms. The molecule has 1 N–H and O–H groups in total. The molecule has 4 nitrogen and oxygen atoms in total. The Morgan fingerprint density at radius 2 is 2.21 bits per heavy atom. The summed E-state index contributed by atoms with van der Waals surface area (Å²) in [6.07, 6.45) is 0.0634. The Balaban J connectivity index is 2.23. The third-order valence-electron chi connectivity index (χ3n) is 3.37. The van der Waals surface area contributed by atoms with Crippen molar-refractivity contribution in [3.05, 3.63) is 34.2 Å². The molecule has 2 heterocycles. The van der Waals surface area contributed by atoms with E-state index in [1.165, 1.54) is 16.7 Å². The number of nitrogens with zero attached hydrogens (tertiary/aromatic N) is 1. The van der Waals surface area contributed by atoms with Gasteiger partial charge < -0.3 is 5.11 Å². The van der Waals surface area contributed by atoms with Gasteiger partial charge in [0.15, 0.2) is 0 Å². The first-order valence-corrected chi connectivity index (χ1v) is 6.52. The Kier molecular flexibility index (Phi) is 2.70. The zero-order valence-electron chi connectivity index (χ0n) is 9.69. The minimum absolute atomic E-state index is 0.0951. The van der Waals surface area contributed by atoms with E-state index < -0.39 is 11.8 Å². The Labute approximate surface area is 116 Å². The van der Waals surface area contributed by atoms with E-state index in [0.29, 0.717) is 15.7 Å². The lowest BCUT2D eigenvalue weighted by molar-refractivity contribution is -0.137. The molecule has 0 radical (unpaired) electrons. The molecule has 1 unspecified atom stereocenters. The van der Waals surface area contributed by atoms with Crippen molar-refractivity contribution in [1.29, 1.82) is 0 Å². The van der Waals surface area contributed by atoms with Crippen LogP contribution in [0.1, 0.15) is 29.2 Å². The number of halogens is 2.